The highest BCUT2D eigenvalue weighted by Gasteiger charge is 2.13. The average molecular weight is 299 g/mol. The Morgan fingerprint density at radius 3 is 2.56 bits per heavy atom. The molecule has 0 aliphatic rings. The minimum absolute atomic E-state index is 0.341. The summed E-state index contributed by atoms with van der Waals surface area (Å²) in [5.74, 6) is 0.966. The van der Waals surface area contributed by atoms with E-state index in [9.17, 15) is 0 Å². The molecule has 0 nitrogen and oxygen atoms in total. The van der Waals surface area contributed by atoms with Crippen LogP contribution in [0.15, 0.2) is 36.4 Å². The first-order chi connectivity index (χ1) is 8.72. The molecule has 0 radical (unpaired) electrons. The van der Waals surface area contributed by atoms with Crippen LogP contribution in [0.4, 0.5) is 0 Å². The normalized spacial score (nSPS) is 12.6. The summed E-state index contributed by atoms with van der Waals surface area (Å²) in [6.07, 6.45) is 2.10. The summed E-state index contributed by atoms with van der Waals surface area (Å²) in [6.45, 7) is 2.19. The molecular weight excluding hydrogens is 283 g/mol. The van der Waals surface area contributed by atoms with Crippen LogP contribution < -0.4 is 0 Å². The minimum atomic E-state index is 0.341. The molecule has 2 aromatic rings. The molecule has 0 fully saturated rings. The predicted octanol–water partition coefficient (Wildman–Crippen LogP) is 5.53. The molecule has 0 N–H and O–H groups in total. The van der Waals surface area contributed by atoms with Crippen LogP contribution in [0, 0.1) is 0 Å². The summed E-state index contributed by atoms with van der Waals surface area (Å²) >= 11 is 14.0. The van der Waals surface area contributed by atoms with Gasteiger partial charge in [-0.2, -0.15) is 0 Å². The molecule has 1 heterocycles. The molecule has 0 amide bonds. The van der Waals surface area contributed by atoms with E-state index in [1.807, 2.05) is 29.5 Å². The van der Waals surface area contributed by atoms with Gasteiger partial charge in [-0.3, -0.25) is 0 Å². The maximum atomic E-state index is 6.11. The van der Waals surface area contributed by atoms with Crippen LogP contribution in [0.3, 0.4) is 0 Å². The van der Waals surface area contributed by atoms with Crippen molar-refractivity contribution in [3.8, 4) is 0 Å². The van der Waals surface area contributed by atoms with E-state index in [1.165, 1.54) is 15.3 Å². The molecule has 0 spiro atoms. The first kappa shape index (κ1) is 13.9. The van der Waals surface area contributed by atoms with Gasteiger partial charge < -0.3 is 0 Å². The van der Waals surface area contributed by atoms with Gasteiger partial charge >= 0.3 is 0 Å². The lowest BCUT2D eigenvalue weighted by atomic mass is 9.97. The van der Waals surface area contributed by atoms with Crippen LogP contribution in [0.2, 0.25) is 5.02 Å². The number of rotatable bonds is 5. The van der Waals surface area contributed by atoms with Crippen molar-refractivity contribution in [2.45, 2.75) is 25.7 Å². The zero-order valence-corrected chi connectivity index (χ0v) is 12.7. The number of halogens is 2. The fraction of sp³-hybridized carbons (Fsp3) is 0.333. The second kappa shape index (κ2) is 6.60. The van der Waals surface area contributed by atoms with Crippen molar-refractivity contribution >= 4 is 34.5 Å². The quantitative estimate of drug-likeness (QED) is 0.637. The molecule has 0 saturated carbocycles. The highest BCUT2D eigenvalue weighted by atomic mass is 35.5. The summed E-state index contributed by atoms with van der Waals surface area (Å²) in [5, 5.41) is 0.781. The van der Waals surface area contributed by atoms with Crippen LogP contribution in [0.5, 0.6) is 0 Å². The van der Waals surface area contributed by atoms with E-state index >= 15 is 0 Å². The van der Waals surface area contributed by atoms with Crippen molar-refractivity contribution < 1.29 is 0 Å². The molecule has 1 aromatic heterocycles. The van der Waals surface area contributed by atoms with Crippen LogP contribution in [0.1, 0.15) is 28.2 Å². The summed E-state index contributed by atoms with van der Waals surface area (Å²) in [4.78, 5) is 2.84. The number of thiophene rings is 1. The van der Waals surface area contributed by atoms with Gasteiger partial charge in [-0.05, 0) is 42.7 Å². The Morgan fingerprint density at radius 1 is 1.17 bits per heavy atom. The smallest absolute Gasteiger partial charge is 0.0408 e. The first-order valence-electron chi connectivity index (χ1n) is 6.12. The SMILES string of the molecule is CCc1ccc(CC(CCl)c2cccc(Cl)c2)s1. The summed E-state index contributed by atoms with van der Waals surface area (Å²) < 4.78 is 0. The molecule has 18 heavy (non-hydrogen) atoms. The largest absolute Gasteiger partial charge is 0.145 e. The van der Waals surface area contributed by atoms with Gasteiger partial charge in [0.2, 0.25) is 0 Å². The highest BCUT2D eigenvalue weighted by Crippen LogP contribution is 2.28. The Bertz CT molecular complexity index is 505. The third kappa shape index (κ3) is 3.50. The van der Waals surface area contributed by atoms with Crippen molar-refractivity contribution in [2.24, 2.45) is 0 Å². The van der Waals surface area contributed by atoms with Crippen molar-refractivity contribution in [1.82, 2.24) is 0 Å². The number of alkyl halides is 1. The Morgan fingerprint density at radius 2 is 1.94 bits per heavy atom. The zero-order chi connectivity index (χ0) is 13.0. The van der Waals surface area contributed by atoms with Gasteiger partial charge in [0.05, 0.1) is 0 Å². The molecule has 1 aromatic carbocycles. The lowest BCUT2D eigenvalue weighted by Crippen LogP contribution is -2.03. The van der Waals surface area contributed by atoms with E-state index in [2.05, 4.69) is 25.1 Å². The Labute approximate surface area is 123 Å². The van der Waals surface area contributed by atoms with E-state index in [0.29, 0.717) is 11.8 Å². The number of aryl methyl sites for hydroxylation is 1. The molecule has 96 valence electrons. The molecule has 1 unspecified atom stereocenters. The maximum absolute atomic E-state index is 6.11. The third-order valence-electron chi connectivity index (χ3n) is 3.02. The van der Waals surface area contributed by atoms with Crippen LogP contribution in [0.25, 0.3) is 0 Å². The van der Waals surface area contributed by atoms with Crippen LogP contribution in [-0.2, 0) is 12.8 Å². The minimum Gasteiger partial charge on any atom is -0.145 e. The molecule has 0 bridgehead atoms. The first-order valence-corrected chi connectivity index (χ1v) is 7.84. The number of hydrogen-bond acceptors (Lipinski definition) is 1. The van der Waals surface area contributed by atoms with Gasteiger partial charge in [-0.25, -0.2) is 0 Å². The van der Waals surface area contributed by atoms with Gasteiger partial charge in [0.1, 0.15) is 0 Å². The van der Waals surface area contributed by atoms with Crippen LogP contribution >= 0.6 is 34.5 Å². The Balaban J connectivity index is 2.14. The second-order valence-electron chi connectivity index (χ2n) is 4.33. The highest BCUT2D eigenvalue weighted by molar-refractivity contribution is 7.12. The van der Waals surface area contributed by atoms with Gasteiger partial charge in [-0.1, -0.05) is 30.7 Å². The van der Waals surface area contributed by atoms with Crippen LogP contribution in [-0.4, -0.2) is 5.88 Å². The maximum Gasteiger partial charge on any atom is 0.0408 e. The lowest BCUT2D eigenvalue weighted by Gasteiger charge is -2.13. The second-order valence-corrected chi connectivity index (χ2v) is 6.33. The molecule has 3 heteroatoms. The molecule has 0 saturated heterocycles. The van der Waals surface area contributed by atoms with E-state index in [0.717, 1.165) is 17.9 Å². The standard InChI is InChI=1S/C15H16Cl2S/c1-2-14-6-7-15(18-14)9-12(10-16)11-4-3-5-13(17)8-11/h3-8,12H,2,9-10H2,1H3. The van der Waals surface area contributed by atoms with Crippen molar-refractivity contribution in [2.75, 3.05) is 5.88 Å². The van der Waals surface area contributed by atoms with Crippen molar-refractivity contribution in [1.29, 1.82) is 0 Å². The van der Waals surface area contributed by atoms with Crippen molar-refractivity contribution in [3.63, 3.8) is 0 Å². The molecule has 2 rings (SSSR count). The Kier molecular flexibility index (Phi) is 5.11. The fourth-order valence-electron chi connectivity index (χ4n) is 1.99. The van der Waals surface area contributed by atoms with Crippen molar-refractivity contribution in [3.05, 3.63) is 56.7 Å². The predicted molar refractivity (Wildman–Crippen MR) is 82.3 cm³/mol. The summed E-state index contributed by atoms with van der Waals surface area (Å²) in [5.41, 5.74) is 1.23. The van der Waals surface area contributed by atoms with E-state index < -0.39 is 0 Å². The van der Waals surface area contributed by atoms with Gasteiger partial charge in [0, 0.05) is 26.6 Å². The average Bonchev–Trinajstić information content (AvgIpc) is 2.83. The van der Waals surface area contributed by atoms with Gasteiger partial charge in [-0.15, -0.1) is 22.9 Å². The lowest BCUT2D eigenvalue weighted by molar-refractivity contribution is 0.776. The monoisotopic (exact) mass is 298 g/mol. The Hall–Kier alpha value is -0.500. The topological polar surface area (TPSA) is 0 Å². The number of hydrogen-bond donors (Lipinski definition) is 0. The zero-order valence-electron chi connectivity index (χ0n) is 10.3. The third-order valence-corrected chi connectivity index (χ3v) is 4.88. The summed E-state index contributed by atoms with van der Waals surface area (Å²) in [6, 6.07) is 12.4. The van der Waals surface area contributed by atoms with E-state index in [-0.39, 0.29) is 0 Å². The molecule has 1 atom stereocenters. The van der Waals surface area contributed by atoms with E-state index in [1.54, 1.807) is 0 Å². The molecule has 0 aliphatic heterocycles. The van der Waals surface area contributed by atoms with E-state index in [4.69, 9.17) is 23.2 Å². The van der Waals surface area contributed by atoms with Gasteiger partial charge in [0.15, 0.2) is 0 Å². The number of benzene rings is 1. The fourth-order valence-corrected chi connectivity index (χ4v) is 3.51. The molecule has 0 aliphatic carbocycles. The van der Waals surface area contributed by atoms with Gasteiger partial charge in [0.25, 0.3) is 0 Å². The summed E-state index contributed by atoms with van der Waals surface area (Å²) in [7, 11) is 0. The molecular formula is C15H16Cl2S.